The van der Waals surface area contributed by atoms with Crippen molar-refractivity contribution in [2.45, 2.75) is 13.2 Å². The van der Waals surface area contributed by atoms with Gasteiger partial charge < -0.3 is 4.74 Å². The third-order valence-corrected chi connectivity index (χ3v) is 4.86. The van der Waals surface area contributed by atoms with Crippen LogP contribution in [0.4, 0.5) is 0 Å². The fourth-order valence-electron chi connectivity index (χ4n) is 3.22. The van der Waals surface area contributed by atoms with Gasteiger partial charge in [-0.25, -0.2) is 4.79 Å². The summed E-state index contributed by atoms with van der Waals surface area (Å²) in [6.07, 6.45) is 0. The number of amides is 2. The van der Waals surface area contributed by atoms with E-state index in [0.29, 0.717) is 22.3 Å². The van der Waals surface area contributed by atoms with Gasteiger partial charge in [0.1, 0.15) is 6.61 Å². The molecule has 0 saturated carbocycles. The zero-order chi connectivity index (χ0) is 21.1. The van der Waals surface area contributed by atoms with Gasteiger partial charge in [-0.3, -0.25) is 14.5 Å². The summed E-state index contributed by atoms with van der Waals surface area (Å²) in [6.45, 7) is 0.230. The number of carbonyl (C=O) groups is 3. The molecule has 0 aliphatic carbocycles. The maximum atomic E-state index is 12.5. The van der Waals surface area contributed by atoms with Crippen molar-refractivity contribution in [2.24, 2.45) is 0 Å². The van der Waals surface area contributed by atoms with Crippen LogP contribution < -0.4 is 0 Å². The number of nitrogens with zero attached hydrogens (tertiary/aromatic N) is 2. The summed E-state index contributed by atoms with van der Waals surface area (Å²) in [4.78, 5) is 38.4. The van der Waals surface area contributed by atoms with Gasteiger partial charge >= 0.3 is 5.97 Å². The first-order chi connectivity index (χ1) is 14.6. The molecule has 0 spiro atoms. The van der Waals surface area contributed by atoms with E-state index in [9.17, 15) is 14.4 Å². The Morgan fingerprint density at radius 3 is 1.97 bits per heavy atom. The number of rotatable bonds is 5. The Balaban J connectivity index is 1.38. The fraction of sp³-hybridized carbons (Fsp3) is 0.0833. The lowest BCUT2D eigenvalue weighted by molar-refractivity contribution is 0.0471. The minimum atomic E-state index is -0.480. The molecule has 1 aliphatic heterocycles. The number of carbonyl (C=O) groups excluding carboxylic acids is 3. The van der Waals surface area contributed by atoms with E-state index in [-0.39, 0.29) is 25.0 Å². The largest absolute Gasteiger partial charge is 0.457 e. The number of nitriles is 1. The van der Waals surface area contributed by atoms with Gasteiger partial charge in [-0.05, 0) is 47.5 Å². The van der Waals surface area contributed by atoms with Gasteiger partial charge in [0.15, 0.2) is 0 Å². The first-order valence-electron chi connectivity index (χ1n) is 9.27. The fourth-order valence-corrected chi connectivity index (χ4v) is 3.22. The van der Waals surface area contributed by atoms with E-state index >= 15 is 0 Å². The molecule has 0 radical (unpaired) electrons. The first kappa shape index (κ1) is 19.1. The molecule has 2 amide bonds. The van der Waals surface area contributed by atoms with Crippen molar-refractivity contribution in [1.82, 2.24) is 4.90 Å². The second kappa shape index (κ2) is 8.02. The molecule has 1 heterocycles. The van der Waals surface area contributed by atoms with Gasteiger partial charge in [0.05, 0.1) is 34.9 Å². The second-order valence-electron chi connectivity index (χ2n) is 6.82. The van der Waals surface area contributed by atoms with E-state index in [4.69, 9.17) is 10.00 Å². The molecular weight excluding hydrogens is 380 g/mol. The molecule has 0 unspecified atom stereocenters. The molecule has 0 atom stereocenters. The van der Waals surface area contributed by atoms with Crippen molar-refractivity contribution >= 4 is 17.8 Å². The number of esters is 1. The van der Waals surface area contributed by atoms with Gasteiger partial charge in [0, 0.05) is 0 Å². The Kier molecular flexibility index (Phi) is 5.10. The Morgan fingerprint density at radius 1 is 0.833 bits per heavy atom. The molecule has 0 aromatic heterocycles. The highest BCUT2D eigenvalue weighted by atomic mass is 16.5. The second-order valence-corrected chi connectivity index (χ2v) is 6.82. The van der Waals surface area contributed by atoms with E-state index in [1.807, 2.05) is 6.07 Å². The summed E-state index contributed by atoms with van der Waals surface area (Å²) >= 11 is 0. The Hall–Kier alpha value is -4.24. The smallest absolute Gasteiger partial charge is 0.338 e. The quantitative estimate of drug-likeness (QED) is 0.485. The van der Waals surface area contributed by atoms with Crippen LogP contribution >= 0.6 is 0 Å². The van der Waals surface area contributed by atoms with Gasteiger partial charge in [-0.15, -0.1) is 0 Å². The molecule has 4 rings (SSSR count). The summed E-state index contributed by atoms with van der Waals surface area (Å²) in [7, 11) is 0. The summed E-state index contributed by atoms with van der Waals surface area (Å²) in [5.74, 6) is -1.12. The first-order valence-corrected chi connectivity index (χ1v) is 9.27. The normalized spacial score (nSPS) is 12.4. The van der Waals surface area contributed by atoms with Gasteiger partial charge in [0.25, 0.3) is 11.8 Å². The lowest BCUT2D eigenvalue weighted by Gasteiger charge is -2.14. The standard InChI is InChI=1S/C24H16N2O4/c25-13-16-5-7-18(8-6-16)15-30-24(29)19-11-9-17(10-12-19)14-26-22(27)20-3-1-2-4-21(20)23(26)28/h1-12H,14-15H2. The zero-order valence-electron chi connectivity index (χ0n) is 15.9. The molecule has 0 saturated heterocycles. The van der Waals surface area contributed by atoms with Crippen LogP contribution in [0.5, 0.6) is 0 Å². The van der Waals surface area contributed by atoms with Crippen LogP contribution in [0.3, 0.4) is 0 Å². The summed E-state index contributed by atoms with van der Waals surface area (Å²) in [5, 5.41) is 8.81. The molecule has 6 heteroatoms. The summed E-state index contributed by atoms with van der Waals surface area (Å²) in [5.41, 5.74) is 3.24. The van der Waals surface area contributed by atoms with Crippen LogP contribution in [0.2, 0.25) is 0 Å². The third-order valence-electron chi connectivity index (χ3n) is 4.86. The monoisotopic (exact) mass is 396 g/mol. The SMILES string of the molecule is N#Cc1ccc(COC(=O)c2ccc(CN3C(=O)c4ccccc4C3=O)cc2)cc1. The average molecular weight is 396 g/mol. The molecule has 1 aliphatic rings. The highest BCUT2D eigenvalue weighted by Crippen LogP contribution is 2.24. The number of fused-ring (bicyclic) bond motifs is 1. The lowest BCUT2D eigenvalue weighted by atomic mass is 10.1. The predicted octanol–water partition coefficient (Wildman–Crippen LogP) is 3.71. The van der Waals surface area contributed by atoms with Crippen LogP contribution in [-0.2, 0) is 17.9 Å². The van der Waals surface area contributed by atoms with Crippen LogP contribution in [0, 0.1) is 11.3 Å². The van der Waals surface area contributed by atoms with Crippen molar-refractivity contribution in [2.75, 3.05) is 0 Å². The zero-order valence-corrected chi connectivity index (χ0v) is 15.9. The van der Waals surface area contributed by atoms with Crippen molar-refractivity contribution in [3.8, 4) is 6.07 Å². The minimum absolute atomic E-state index is 0.0985. The molecule has 0 fully saturated rings. The maximum absolute atomic E-state index is 12.5. The van der Waals surface area contributed by atoms with E-state index in [2.05, 4.69) is 0 Å². The van der Waals surface area contributed by atoms with Gasteiger partial charge in [0.2, 0.25) is 0 Å². The van der Waals surface area contributed by atoms with Crippen LogP contribution in [0.25, 0.3) is 0 Å². The molecular formula is C24H16N2O4. The number of imide groups is 1. The molecule has 3 aromatic rings. The molecule has 0 N–H and O–H groups in total. The molecule has 30 heavy (non-hydrogen) atoms. The molecule has 3 aromatic carbocycles. The molecule has 146 valence electrons. The predicted molar refractivity (Wildman–Crippen MR) is 107 cm³/mol. The summed E-state index contributed by atoms with van der Waals surface area (Å²) < 4.78 is 5.30. The highest BCUT2D eigenvalue weighted by Gasteiger charge is 2.34. The van der Waals surface area contributed by atoms with E-state index in [1.54, 1.807) is 72.8 Å². The van der Waals surface area contributed by atoms with E-state index in [1.165, 1.54) is 4.90 Å². The third kappa shape index (κ3) is 3.69. The number of ether oxygens (including phenoxy) is 1. The number of hydrogen-bond acceptors (Lipinski definition) is 5. The lowest BCUT2D eigenvalue weighted by Crippen LogP contribution is -2.29. The van der Waals surface area contributed by atoms with E-state index < -0.39 is 5.97 Å². The van der Waals surface area contributed by atoms with E-state index in [0.717, 1.165) is 11.1 Å². The van der Waals surface area contributed by atoms with Gasteiger partial charge in [-0.1, -0.05) is 36.4 Å². The van der Waals surface area contributed by atoms with Crippen LogP contribution in [-0.4, -0.2) is 22.7 Å². The maximum Gasteiger partial charge on any atom is 0.338 e. The van der Waals surface area contributed by atoms with Crippen molar-refractivity contribution < 1.29 is 19.1 Å². The summed E-state index contributed by atoms with van der Waals surface area (Å²) in [6, 6.07) is 22.2. The molecule has 6 nitrogen and oxygen atoms in total. The Labute approximate surface area is 172 Å². The number of benzene rings is 3. The van der Waals surface area contributed by atoms with Crippen LogP contribution in [0.1, 0.15) is 47.8 Å². The topological polar surface area (TPSA) is 87.5 Å². The Morgan fingerprint density at radius 2 is 1.40 bits per heavy atom. The van der Waals surface area contributed by atoms with Gasteiger partial charge in [-0.2, -0.15) is 5.26 Å². The highest BCUT2D eigenvalue weighted by molar-refractivity contribution is 6.21. The van der Waals surface area contributed by atoms with Crippen LogP contribution in [0.15, 0.2) is 72.8 Å². The molecule has 0 bridgehead atoms. The van der Waals surface area contributed by atoms with Crippen molar-refractivity contribution in [3.05, 3.63) is 106 Å². The van der Waals surface area contributed by atoms with Crippen molar-refractivity contribution in [3.63, 3.8) is 0 Å². The average Bonchev–Trinajstić information content (AvgIpc) is 3.03. The minimum Gasteiger partial charge on any atom is -0.457 e. The van der Waals surface area contributed by atoms with Crippen molar-refractivity contribution in [1.29, 1.82) is 5.26 Å². The Bertz CT molecular complexity index is 1140. The number of hydrogen-bond donors (Lipinski definition) is 0.